The number of likely N-dealkylation sites (tertiary alicyclic amines) is 1. The number of amides is 3. The highest BCUT2D eigenvalue weighted by Gasteiger charge is 2.26. The summed E-state index contributed by atoms with van der Waals surface area (Å²) in [5, 5.41) is 0. The molecule has 0 unspecified atom stereocenters. The van der Waals surface area contributed by atoms with Crippen molar-refractivity contribution in [2.24, 2.45) is 5.92 Å². The molecule has 2 N–H and O–H groups in total. The SMILES string of the molecule is O=C(COc1ccccc1F)NNC(=O)C1CCN(C(=O)/C=C/c2ccccc2)CC1. The third kappa shape index (κ3) is 6.67. The average molecular weight is 425 g/mol. The van der Waals surface area contributed by atoms with Crippen molar-refractivity contribution < 1.29 is 23.5 Å². The van der Waals surface area contributed by atoms with Gasteiger partial charge in [0.25, 0.3) is 5.91 Å². The second-order valence-electron chi connectivity index (χ2n) is 7.10. The van der Waals surface area contributed by atoms with Crippen LogP contribution in [0.1, 0.15) is 18.4 Å². The number of hydrogen-bond donors (Lipinski definition) is 2. The van der Waals surface area contributed by atoms with E-state index in [1.807, 2.05) is 30.3 Å². The smallest absolute Gasteiger partial charge is 0.276 e. The first kappa shape index (κ1) is 22.0. The molecule has 1 saturated heterocycles. The molecule has 1 fully saturated rings. The molecule has 0 atom stereocenters. The van der Waals surface area contributed by atoms with Crippen LogP contribution in [-0.2, 0) is 14.4 Å². The van der Waals surface area contributed by atoms with Gasteiger partial charge >= 0.3 is 0 Å². The van der Waals surface area contributed by atoms with Gasteiger partial charge in [0.1, 0.15) is 0 Å². The number of carbonyl (C=O) groups is 3. The lowest BCUT2D eigenvalue weighted by atomic mass is 9.96. The van der Waals surface area contributed by atoms with Gasteiger partial charge in [-0.25, -0.2) is 4.39 Å². The highest BCUT2D eigenvalue weighted by molar-refractivity contribution is 5.92. The summed E-state index contributed by atoms with van der Waals surface area (Å²) in [6.45, 7) is 0.489. The number of para-hydroxylation sites is 1. The minimum Gasteiger partial charge on any atom is -0.481 e. The normalized spacial score (nSPS) is 14.3. The summed E-state index contributed by atoms with van der Waals surface area (Å²) in [5.74, 6) is -1.95. The molecule has 7 nitrogen and oxygen atoms in total. The first-order chi connectivity index (χ1) is 15.0. The van der Waals surface area contributed by atoms with Crippen molar-refractivity contribution in [1.82, 2.24) is 15.8 Å². The average Bonchev–Trinajstić information content (AvgIpc) is 2.81. The number of halogens is 1. The van der Waals surface area contributed by atoms with E-state index in [0.717, 1.165) is 5.56 Å². The van der Waals surface area contributed by atoms with Crippen LogP contribution in [0.25, 0.3) is 6.08 Å². The zero-order valence-electron chi connectivity index (χ0n) is 16.9. The van der Waals surface area contributed by atoms with Gasteiger partial charge in [0.15, 0.2) is 18.2 Å². The van der Waals surface area contributed by atoms with Gasteiger partial charge < -0.3 is 9.64 Å². The maximum absolute atomic E-state index is 13.5. The molecular weight excluding hydrogens is 401 g/mol. The third-order valence-electron chi connectivity index (χ3n) is 4.92. The van der Waals surface area contributed by atoms with Crippen LogP contribution in [0.4, 0.5) is 4.39 Å². The number of rotatable bonds is 6. The largest absolute Gasteiger partial charge is 0.481 e. The van der Waals surface area contributed by atoms with Crippen LogP contribution in [0.2, 0.25) is 0 Å². The standard InChI is InChI=1S/C23H24FN3O4/c24-19-8-4-5-9-20(19)31-16-21(28)25-26-23(30)18-12-14-27(15-13-18)22(29)11-10-17-6-2-1-3-7-17/h1-11,18H,12-16H2,(H,25,28)(H,26,30)/b11-10+. The molecule has 2 aromatic rings. The van der Waals surface area contributed by atoms with Crippen LogP contribution in [0, 0.1) is 11.7 Å². The van der Waals surface area contributed by atoms with Crippen LogP contribution >= 0.6 is 0 Å². The maximum Gasteiger partial charge on any atom is 0.276 e. The molecule has 0 spiro atoms. The predicted molar refractivity (Wildman–Crippen MR) is 113 cm³/mol. The van der Waals surface area contributed by atoms with Crippen molar-refractivity contribution in [3.05, 3.63) is 72.1 Å². The van der Waals surface area contributed by atoms with E-state index < -0.39 is 18.3 Å². The molecule has 0 bridgehead atoms. The molecule has 1 aliphatic rings. The van der Waals surface area contributed by atoms with Crippen molar-refractivity contribution >= 4 is 23.8 Å². The summed E-state index contributed by atoms with van der Waals surface area (Å²) in [4.78, 5) is 38.1. The van der Waals surface area contributed by atoms with Crippen molar-refractivity contribution in [1.29, 1.82) is 0 Å². The molecule has 1 heterocycles. The molecule has 0 saturated carbocycles. The molecule has 8 heteroatoms. The lowest BCUT2D eigenvalue weighted by Gasteiger charge is -2.30. The molecule has 3 amide bonds. The molecule has 2 aromatic carbocycles. The minimum absolute atomic E-state index is 0.0395. The lowest BCUT2D eigenvalue weighted by Crippen LogP contribution is -2.49. The van der Waals surface area contributed by atoms with Gasteiger partial charge in [0.2, 0.25) is 11.8 Å². The van der Waals surface area contributed by atoms with Crippen LogP contribution in [0.15, 0.2) is 60.7 Å². The number of ether oxygens (including phenoxy) is 1. The van der Waals surface area contributed by atoms with Gasteiger partial charge in [-0.2, -0.15) is 0 Å². The molecule has 0 aliphatic carbocycles. The van der Waals surface area contributed by atoms with Crippen molar-refractivity contribution in [3.63, 3.8) is 0 Å². The Kier molecular flexibility index (Phi) is 7.75. The maximum atomic E-state index is 13.5. The lowest BCUT2D eigenvalue weighted by molar-refractivity contribution is -0.134. The Morgan fingerprint density at radius 1 is 1.00 bits per heavy atom. The fraction of sp³-hybridized carbons (Fsp3) is 0.261. The Bertz CT molecular complexity index is 941. The highest BCUT2D eigenvalue weighted by Crippen LogP contribution is 2.18. The van der Waals surface area contributed by atoms with Gasteiger partial charge in [0, 0.05) is 25.1 Å². The molecule has 0 radical (unpaired) electrons. The van der Waals surface area contributed by atoms with E-state index in [4.69, 9.17) is 4.74 Å². The van der Waals surface area contributed by atoms with E-state index in [1.54, 1.807) is 17.0 Å². The van der Waals surface area contributed by atoms with Crippen LogP contribution in [0.3, 0.4) is 0 Å². The number of carbonyl (C=O) groups excluding carboxylic acids is 3. The fourth-order valence-electron chi connectivity index (χ4n) is 3.17. The Morgan fingerprint density at radius 3 is 2.39 bits per heavy atom. The van der Waals surface area contributed by atoms with E-state index in [-0.39, 0.29) is 23.5 Å². The summed E-state index contributed by atoms with van der Waals surface area (Å²) in [6, 6.07) is 15.3. The van der Waals surface area contributed by atoms with Crippen molar-refractivity contribution in [3.8, 4) is 5.75 Å². The number of hydrazine groups is 1. The van der Waals surface area contributed by atoms with Crippen molar-refractivity contribution in [2.75, 3.05) is 19.7 Å². The summed E-state index contributed by atoms with van der Waals surface area (Å²) >= 11 is 0. The number of benzene rings is 2. The predicted octanol–water partition coefficient (Wildman–Crippen LogP) is 2.30. The Hall–Kier alpha value is -3.68. The molecule has 3 rings (SSSR count). The molecule has 162 valence electrons. The first-order valence-electron chi connectivity index (χ1n) is 10.0. The second kappa shape index (κ2) is 10.9. The topological polar surface area (TPSA) is 87.7 Å². The summed E-state index contributed by atoms with van der Waals surface area (Å²) in [7, 11) is 0. The van der Waals surface area contributed by atoms with E-state index in [2.05, 4.69) is 10.9 Å². The monoisotopic (exact) mass is 425 g/mol. The first-order valence-corrected chi connectivity index (χ1v) is 10.0. The molecule has 1 aliphatic heterocycles. The van der Waals surface area contributed by atoms with Gasteiger partial charge in [-0.3, -0.25) is 25.2 Å². The molecule has 0 aromatic heterocycles. The molecular formula is C23H24FN3O4. The van der Waals surface area contributed by atoms with E-state index in [1.165, 1.54) is 24.3 Å². The van der Waals surface area contributed by atoms with Crippen molar-refractivity contribution in [2.45, 2.75) is 12.8 Å². The third-order valence-corrected chi connectivity index (χ3v) is 4.92. The Labute approximate surface area is 179 Å². The van der Waals surface area contributed by atoms with E-state index in [0.29, 0.717) is 25.9 Å². The summed E-state index contributed by atoms with van der Waals surface area (Å²) in [6.07, 6.45) is 4.29. The minimum atomic E-state index is -0.602. The van der Waals surface area contributed by atoms with E-state index >= 15 is 0 Å². The number of nitrogens with one attached hydrogen (secondary N) is 2. The summed E-state index contributed by atoms with van der Waals surface area (Å²) in [5.41, 5.74) is 5.57. The number of piperidine rings is 1. The van der Waals surface area contributed by atoms with E-state index in [9.17, 15) is 18.8 Å². The second-order valence-corrected chi connectivity index (χ2v) is 7.10. The quantitative estimate of drug-likeness (QED) is 0.549. The zero-order chi connectivity index (χ0) is 22.1. The van der Waals surface area contributed by atoms with Gasteiger partial charge in [-0.05, 0) is 36.6 Å². The Balaban J connectivity index is 1.37. The van der Waals surface area contributed by atoms with Crippen LogP contribution < -0.4 is 15.6 Å². The van der Waals surface area contributed by atoms with Crippen LogP contribution in [0.5, 0.6) is 5.75 Å². The van der Waals surface area contributed by atoms with Crippen LogP contribution in [-0.4, -0.2) is 42.3 Å². The van der Waals surface area contributed by atoms with Gasteiger partial charge in [-0.1, -0.05) is 42.5 Å². The Morgan fingerprint density at radius 2 is 1.68 bits per heavy atom. The van der Waals surface area contributed by atoms with Gasteiger partial charge in [-0.15, -0.1) is 0 Å². The molecule has 31 heavy (non-hydrogen) atoms. The zero-order valence-corrected chi connectivity index (χ0v) is 16.9. The number of hydrogen-bond acceptors (Lipinski definition) is 4. The summed E-state index contributed by atoms with van der Waals surface area (Å²) < 4.78 is 18.5. The number of nitrogens with zero attached hydrogens (tertiary/aromatic N) is 1. The fourth-order valence-corrected chi connectivity index (χ4v) is 3.17. The van der Waals surface area contributed by atoms with Gasteiger partial charge in [0.05, 0.1) is 0 Å². The highest BCUT2D eigenvalue weighted by atomic mass is 19.1.